The summed E-state index contributed by atoms with van der Waals surface area (Å²) in [6.45, 7) is 4.95. The fourth-order valence-electron chi connectivity index (χ4n) is 2.81. The Bertz CT molecular complexity index is 345. The highest BCUT2D eigenvalue weighted by Crippen LogP contribution is 2.26. The molecule has 0 saturated carbocycles. The Morgan fingerprint density at radius 3 is 2.72 bits per heavy atom. The summed E-state index contributed by atoms with van der Waals surface area (Å²) in [4.78, 5) is 28.2. The summed E-state index contributed by atoms with van der Waals surface area (Å²) in [6, 6.07) is -0.587. The summed E-state index contributed by atoms with van der Waals surface area (Å²) in [5.41, 5.74) is 0. The SMILES string of the molecule is COC(C)CN1C(=O)C2CCCCN2C(=O)C1C. The minimum atomic E-state index is -0.357. The van der Waals surface area contributed by atoms with E-state index in [0.717, 1.165) is 25.8 Å². The van der Waals surface area contributed by atoms with Crippen molar-refractivity contribution in [2.45, 2.75) is 51.3 Å². The van der Waals surface area contributed by atoms with E-state index in [2.05, 4.69) is 0 Å². The summed E-state index contributed by atoms with van der Waals surface area (Å²) in [7, 11) is 1.62. The Morgan fingerprint density at radius 2 is 2.06 bits per heavy atom. The number of rotatable bonds is 3. The number of hydrogen-bond donors (Lipinski definition) is 0. The second kappa shape index (κ2) is 5.26. The maximum atomic E-state index is 12.4. The Morgan fingerprint density at radius 1 is 1.33 bits per heavy atom. The number of ether oxygens (including phenoxy) is 1. The topological polar surface area (TPSA) is 49.9 Å². The number of carbonyl (C=O) groups excluding carboxylic acids is 2. The summed E-state index contributed by atoms with van der Waals surface area (Å²) < 4.78 is 5.20. The molecule has 2 amide bonds. The lowest BCUT2D eigenvalue weighted by Crippen LogP contribution is -2.65. The van der Waals surface area contributed by atoms with Crippen molar-refractivity contribution in [3.8, 4) is 0 Å². The molecule has 2 heterocycles. The van der Waals surface area contributed by atoms with E-state index in [0.29, 0.717) is 6.54 Å². The van der Waals surface area contributed by atoms with Gasteiger partial charge >= 0.3 is 0 Å². The van der Waals surface area contributed by atoms with Crippen LogP contribution in [-0.4, -0.2) is 60.0 Å². The van der Waals surface area contributed by atoms with Gasteiger partial charge in [0.15, 0.2) is 0 Å². The number of carbonyl (C=O) groups is 2. The van der Waals surface area contributed by atoms with Gasteiger partial charge in [-0.15, -0.1) is 0 Å². The molecule has 0 aromatic carbocycles. The highest BCUT2D eigenvalue weighted by atomic mass is 16.5. The molecule has 0 spiro atoms. The fraction of sp³-hybridized carbons (Fsp3) is 0.846. The van der Waals surface area contributed by atoms with Crippen LogP contribution in [0.3, 0.4) is 0 Å². The lowest BCUT2D eigenvalue weighted by atomic mass is 9.95. The maximum Gasteiger partial charge on any atom is 0.246 e. The number of hydrogen-bond acceptors (Lipinski definition) is 3. The zero-order chi connectivity index (χ0) is 13.3. The van der Waals surface area contributed by atoms with Crippen LogP contribution in [0.5, 0.6) is 0 Å². The molecule has 2 fully saturated rings. The van der Waals surface area contributed by atoms with Gasteiger partial charge in [0.05, 0.1) is 6.10 Å². The zero-order valence-corrected chi connectivity index (χ0v) is 11.4. The van der Waals surface area contributed by atoms with E-state index in [4.69, 9.17) is 4.74 Å². The first-order valence-corrected chi connectivity index (χ1v) is 6.70. The van der Waals surface area contributed by atoms with Crippen molar-refractivity contribution < 1.29 is 14.3 Å². The van der Waals surface area contributed by atoms with Crippen molar-refractivity contribution in [3.63, 3.8) is 0 Å². The van der Waals surface area contributed by atoms with Gasteiger partial charge in [0.2, 0.25) is 11.8 Å². The average Bonchev–Trinajstić information content (AvgIpc) is 2.40. The minimum absolute atomic E-state index is 0.0423. The monoisotopic (exact) mass is 254 g/mol. The van der Waals surface area contributed by atoms with Crippen LogP contribution < -0.4 is 0 Å². The first-order chi connectivity index (χ1) is 8.56. The molecule has 5 nitrogen and oxygen atoms in total. The van der Waals surface area contributed by atoms with Gasteiger partial charge < -0.3 is 14.5 Å². The van der Waals surface area contributed by atoms with Gasteiger partial charge in [-0.1, -0.05) is 0 Å². The summed E-state index contributed by atoms with van der Waals surface area (Å²) in [5, 5.41) is 0. The van der Waals surface area contributed by atoms with Crippen LogP contribution in [0.4, 0.5) is 0 Å². The Kier molecular flexibility index (Phi) is 3.90. The lowest BCUT2D eigenvalue weighted by molar-refractivity contribution is -0.164. The largest absolute Gasteiger partial charge is 0.380 e. The minimum Gasteiger partial charge on any atom is -0.380 e. The molecule has 0 bridgehead atoms. The van der Waals surface area contributed by atoms with Crippen molar-refractivity contribution in [3.05, 3.63) is 0 Å². The normalized spacial score (nSPS) is 30.4. The zero-order valence-electron chi connectivity index (χ0n) is 11.4. The van der Waals surface area contributed by atoms with Crippen LogP contribution in [0, 0.1) is 0 Å². The van der Waals surface area contributed by atoms with Crippen LogP contribution in [0.15, 0.2) is 0 Å². The van der Waals surface area contributed by atoms with Gasteiger partial charge in [-0.2, -0.15) is 0 Å². The molecule has 18 heavy (non-hydrogen) atoms. The molecule has 2 aliphatic heterocycles. The number of fused-ring (bicyclic) bond motifs is 1. The van der Waals surface area contributed by atoms with Crippen molar-refractivity contribution in [2.75, 3.05) is 20.2 Å². The highest BCUT2D eigenvalue weighted by Gasteiger charge is 2.44. The third-order valence-corrected chi connectivity index (χ3v) is 4.04. The van der Waals surface area contributed by atoms with Crippen LogP contribution in [-0.2, 0) is 14.3 Å². The van der Waals surface area contributed by atoms with Gasteiger partial charge in [-0.05, 0) is 33.1 Å². The van der Waals surface area contributed by atoms with Gasteiger partial charge in [-0.3, -0.25) is 9.59 Å². The second-order valence-electron chi connectivity index (χ2n) is 5.26. The van der Waals surface area contributed by atoms with E-state index in [1.54, 1.807) is 16.9 Å². The van der Waals surface area contributed by atoms with E-state index in [9.17, 15) is 9.59 Å². The molecule has 2 rings (SSSR count). The van der Waals surface area contributed by atoms with Gasteiger partial charge in [0.1, 0.15) is 12.1 Å². The Hall–Kier alpha value is -1.10. The van der Waals surface area contributed by atoms with E-state index in [-0.39, 0.29) is 30.0 Å². The number of amides is 2. The van der Waals surface area contributed by atoms with E-state index in [1.165, 1.54) is 0 Å². The highest BCUT2D eigenvalue weighted by molar-refractivity contribution is 5.96. The van der Waals surface area contributed by atoms with E-state index >= 15 is 0 Å². The fourth-order valence-corrected chi connectivity index (χ4v) is 2.81. The second-order valence-corrected chi connectivity index (χ2v) is 5.26. The standard InChI is InChI=1S/C13H22N2O3/c1-9(18-3)8-15-10(2)12(16)14-7-5-4-6-11(14)13(15)17/h9-11H,4-8H2,1-3H3. The van der Waals surface area contributed by atoms with E-state index in [1.807, 2.05) is 13.8 Å². The molecule has 102 valence electrons. The van der Waals surface area contributed by atoms with Gasteiger partial charge in [-0.25, -0.2) is 0 Å². The molecule has 0 aromatic rings. The average molecular weight is 254 g/mol. The third kappa shape index (κ3) is 2.23. The van der Waals surface area contributed by atoms with Gasteiger partial charge in [0.25, 0.3) is 0 Å². The molecule has 2 aliphatic rings. The Balaban J connectivity index is 2.16. The number of piperazine rings is 1. The molecule has 3 atom stereocenters. The molecular weight excluding hydrogens is 232 g/mol. The first-order valence-electron chi connectivity index (χ1n) is 6.70. The van der Waals surface area contributed by atoms with Crippen molar-refractivity contribution in [1.82, 2.24) is 9.80 Å². The third-order valence-electron chi connectivity index (χ3n) is 4.04. The molecule has 5 heteroatoms. The van der Waals surface area contributed by atoms with Crippen molar-refractivity contribution >= 4 is 11.8 Å². The Labute approximate surface area is 108 Å². The van der Waals surface area contributed by atoms with Gasteiger partial charge in [0, 0.05) is 20.2 Å². The van der Waals surface area contributed by atoms with Crippen LogP contribution in [0.25, 0.3) is 0 Å². The number of piperidine rings is 1. The quantitative estimate of drug-likeness (QED) is 0.742. The molecule has 0 radical (unpaired) electrons. The van der Waals surface area contributed by atoms with Crippen LogP contribution >= 0.6 is 0 Å². The lowest BCUT2D eigenvalue weighted by Gasteiger charge is -2.46. The smallest absolute Gasteiger partial charge is 0.246 e. The molecule has 0 N–H and O–H groups in total. The molecular formula is C13H22N2O3. The van der Waals surface area contributed by atoms with Crippen molar-refractivity contribution in [1.29, 1.82) is 0 Å². The maximum absolute atomic E-state index is 12.4. The predicted molar refractivity (Wildman–Crippen MR) is 67.0 cm³/mol. The molecule has 0 aliphatic carbocycles. The number of methoxy groups -OCH3 is 1. The molecule has 3 unspecified atom stereocenters. The van der Waals surface area contributed by atoms with Crippen LogP contribution in [0.2, 0.25) is 0 Å². The molecule has 0 aromatic heterocycles. The van der Waals surface area contributed by atoms with E-state index < -0.39 is 0 Å². The number of nitrogens with zero attached hydrogens (tertiary/aromatic N) is 2. The van der Waals surface area contributed by atoms with Crippen molar-refractivity contribution in [2.24, 2.45) is 0 Å². The van der Waals surface area contributed by atoms with Crippen LogP contribution in [0.1, 0.15) is 33.1 Å². The summed E-state index contributed by atoms with van der Waals surface area (Å²) in [6.07, 6.45) is 2.80. The molecule has 2 saturated heterocycles. The summed E-state index contributed by atoms with van der Waals surface area (Å²) >= 11 is 0. The summed E-state index contributed by atoms with van der Waals surface area (Å²) in [5.74, 6) is 0.174. The first kappa shape index (κ1) is 13.3. The predicted octanol–water partition coefficient (Wildman–Crippen LogP) is 0.633.